The summed E-state index contributed by atoms with van der Waals surface area (Å²) in [5.74, 6) is -0.509. The van der Waals surface area contributed by atoms with Gasteiger partial charge in [-0.15, -0.1) is 0 Å². The summed E-state index contributed by atoms with van der Waals surface area (Å²) < 4.78 is 32.5. The van der Waals surface area contributed by atoms with E-state index in [1.165, 1.54) is 11.4 Å². The van der Waals surface area contributed by atoms with Crippen molar-refractivity contribution in [2.24, 2.45) is 11.8 Å². The molecule has 1 N–H and O–H groups in total. The second-order valence-electron chi connectivity index (χ2n) is 4.88. The summed E-state index contributed by atoms with van der Waals surface area (Å²) in [6, 6.07) is 0. The van der Waals surface area contributed by atoms with E-state index in [9.17, 15) is 13.2 Å². The van der Waals surface area contributed by atoms with Gasteiger partial charge < -0.3 is 4.74 Å². The van der Waals surface area contributed by atoms with E-state index in [4.69, 9.17) is 0 Å². The van der Waals surface area contributed by atoms with Crippen molar-refractivity contribution in [1.29, 1.82) is 0 Å². The molecule has 1 saturated heterocycles. The van der Waals surface area contributed by atoms with Crippen LogP contribution in [0.4, 0.5) is 0 Å². The number of ether oxygens (including phenoxy) is 1. The summed E-state index contributed by atoms with van der Waals surface area (Å²) in [7, 11) is -2.19. The van der Waals surface area contributed by atoms with Gasteiger partial charge in [0.1, 0.15) is 0 Å². The first-order chi connectivity index (χ1) is 8.36. The summed E-state index contributed by atoms with van der Waals surface area (Å²) in [6.07, 6.45) is 1.94. The molecular formula is C11H22N2O4S. The molecule has 0 aromatic heterocycles. The van der Waals surface area contributed by atoms with Gasteiger partial charge in [0.25, 0.3) is 10.2 Å². The van der Waals surface area contributed by atoms with E-state index >= 15 is 0 Å². The molecule has 1 heterocycles. The molecule has 18 heavy (non-hydrogen) atoms. The van der Waals surface area contributed by atoms with E-state index in [-0.39, 0.29) is 6.54 Å². The average Bonchev–Trinajstić information content (AvgIpc) is 2.35. The summed E-state index contributed by atoms with van der Waals surface area (Å²) in [5, 5.41) is 0. The third-order valence-electron chi connectivity index (χ3n) is 3.14. The molecule has 7 heteroatoms. The van der Waals surface area contributed by atoms with Crippen LogP contribution in [0.5, 0.6) is 0 Å². The highest BCUT2D eigenvalue weighted by Crippen LogP contribution is 2.17. The predicted molar refractivity (Wildman–Crippen MR) is 68.1 cm³/mol. The maximum atomic E-state index is 12.0. The van der Waals surface area contributed by atoms with Gasteiger partial charge in [-0.25, -0.2) is 4.72 Å². The number of esters is 1. The summed E-state index contributed by atoms with van der Waals surface area (Å²) in [6.45, 7) is 4.83. The highest BCUT2D eigenvalue weighted by atomic mass is 32.2. The number of nitrogens with zero attached hydrogens (tertiary/aromatic N) is 1. The van der Waals surface area contributed by atoms with Crippen LogP contribution in [0.25, 0.3) is 0 Å². The first-order valence-electron chi connectivity index (χ1n) is 6.19. The standard InChI is InChI=1S/C11H22N2O4S/c1-9-5-4-6-13(8-9)18(15,16)12-7-10(2)11(14)17-3/h9-10,12H,4-8H2,1-3H3/t9-,10-/m0/s1. The van der Waals surface area contributed by atoms with Crippen LogP contribution in [0.1, 0.15) is 26.7 Å². The third kappa shape index (κ3) is 4.22. The zero-order chi connectivity index (χ0) is 13.8. The molecule has 0 amide bonds. The summed E-state index contributed by atoms with van der Waals surface area (Å²) >= 11 is 0. The van der Waals surface area contributed by atoms with Crippen molar-refractivity contribution in [3.8, 4) is 0 Å². The van der Waals surface area contributed by atoms with Crippen molar-refractivity contribution in [3.63, 3.8) is 0 Å². The lowest BCUT2D eigenvalue weighted by Gasteiger charge is -2.30. The lowest BCUT2D eigenvalue weighted by molar-refractivity contribution is -0.144. The number of carbonyl (C=O) groups excluding carboxylic acids is 1. The van der Waals surface area contributed by atoms with Crippen LogP contribution in [-0.2, 0) is 19.7 Å². The molecule has 0 unspecified atom stereocenters. The zero-order valence-electron chi connectivity index (χ0n) is 11.2. The van der Waals surface area contributed by atoms with Gasteiger partial charge in [0.05, 0.1) is 13.0 Å². The Morgan fingerprint density at radius 2 is 2.22 bits per heavy atom. The smallest absolute Gasteiger partial charge is 0.309 e. The number of hydrogen-bond acceptors (Lipinski definition) is 4. The minimum Gasteiger partial charge on any atom is -0.469 e. The lowest BCUT2D eigenvalue weighted by Crippen LogP contribution is -2.47. The molecule has 106 valence electrons. The molecule has 0 bridgehead atoms. The maximum Gasteiger partial charge on any atom is 0.309 e. The molecule has 6 nitrogen and oxygen atoms in total. The van der Waals surface area contributed by atoms with Gasteiger partial charge in [-0.2, -0.15) is 12.7 Å². The average molecular weight is 278 g/mol. The van der Waals surface area contributed by atoms with Gasteiger partial charge >= 0.3 is 5.97 Å². The maximum absolute atomic E-state index is 12.0. The van der Waals surface area contributed by atoms with E-state index < -0.39 is 22.1 Å². The predicted octanol–water partition coefficient (Wildman–Crippen LogP) is 0.362. The van der Waals surface area contributed by atoms with Crippen LogP contribution in [0.15, 0.2) is 0 Å². The molecule has 0 aliphatic carbocycles. The minimum atomic E-state index is -3.48. The minimum absolute atomic E-state index is 0.0693. The lowest BCUT2D eigenvalue weighted by atomic mass is 10.0. The van der Waals surface area contributed by atoms with Crippen molar-refractivity contribution in [1.82, 2.24) is 9.03 Å². The highest BCUT2D eigenvalue weighted by molar-refractivity contribution is 7.87. The molecule has 1 rings (SSSR count). The first kappa shape index (κ1) is 15.4. The van der Waals surface area contributed by atoms with E-state index in [1.807, 2.05) is 6.92 Å². The Morgan fingerprint density at radius 1 is 1.56 bits per heavy atom. The fourth-order valence-electron chi connectivity index (χ4n) is 1.97. The Kier molecular flexibility index (Phi) is 5.55. The first-order valence-corrected chi connectivity index (χ1v) is 7.63. The molecule has 2 atom stereocenters. The Hall–Kier alpha value is -0.660. The third-order valence-corrected chi connectivity index (χ3v) is 4.68. The van der Waals surface area contributed by atoms with Gasteiger partial charge in [0.15, 0.2) is 0 Å². The summed E-state index contributed by atoms with van der Waals surface area (Å²) in [5.41, 5.74) is 0. The highest BCUT2D eigenvalue weighted by Gasteiger charge is 2.27. The quantitative estimate of drug-likeness (QED) is 0.737. The van der Waals surface area contributed by atoms with Crippen LogP contribution >= 0.6 is 0 Å². The number of piperidine rings is 1. The molecular weight excluding hydrogens is 256 g/mol. The number of carbonyl (C=O) groups is 1. The largest absolute Gasteiger partial charge is 0.469 e. The van der Waals surface area contributed by atoms with Gasteiger partial charge in [-0.1, -0.05) is 13.8 Å². The number of nitrogens with one attached hydrogen (secondary N) is 1. The summed E-state index contributed by atoms with van der Waals surface area (Å²) in [4.78, 5) is 11.2. The normalized spacial score (nSPS) is 23.6. The van der Waals surface area contributed by atoms with Gasteiger partial charge in [-0.3, -0.25) is 4.79 Å². The Labute approximate surface area is 109 Å². The Balaban J connectivity index is 2.51. The van der Waals surface area contributed by atoms with Crippen molar-refractivity contribution < 1.29 is 17.9 Å². The molecule has 1 fully saturated rings. The zero-order valence-corrected chi connectivity index (χ0v) is 12.0. The molecule has 0 radical (unpaired) electrons. The molecule has 0 saturated carbocycles. The molecule has 0 spiro atoms. The van der Waals surface area contributed by atoms with Crippen molar-refractivity contribution >= 4 is 16.2 Å². The van der Waals surface area contributed by atoms with Crippen molar-refractivity contribution in [2.45, 2.75) is 26.7 Å². The molecule has 0 aromatic carbocycles. The van der Waals surface area contributed by atoms with Gasteiger partial charge in [0.2, 0.25) is 0 Å². The van der Waals surface area contributed by atoms with Crippen LogP contribution < -0.4 is 4.72 Å². The van der Waals surface area contributed by atoms with Crippen molar-refractivity contribution in [2.75, 3.05) is 26.7 Å². The van der Waals surface area contributed by atoms with Crippen LogP contribution in [0.3, 0.4) is 0 Å². The Bertz CT molecular complexity index is 383. The second kappa shape index (κ2) is 6.49. The number of rotatable bonds is 5. The molecule has 0 aromatic rings. The molecule has 1 aliphatic heterocycles. The van der Waals surface area contributed by atoms with Gasteiger partial charge in [-0.05, 0) is 18.8 Å². The van der Waals surface area contributed by atoms with Crippen LogP contribution in [0, 0.1) is 11.8 Å². The fraction of sp³-hybridized carbons (Fsp3) is 0.909. The van der Waals surface area contributed by atoms with Crippen molar-refractivity contribution in [3.05, 3.63) is 0 Å². The fourth-order valence-corrected chi connectivity index (χ4v) is 3.43. The SMILES string of the molecule is COC(=O)[C@@H](C)CNS(=O)(=O)N1CCC[C@H](C)C1. The van der Waals surface area contributed by atoms with Gasteiger partial charge in [0, 0.05) is 19.6 Å². The molecule has 1 aliphatic rings. The van der Waals surface area contributed by atoms with E-state index in [2.05, 4.69) is 9.46 Å². The van der Waals surface area contributed by atoms with E-state index in [0.717, 1.165) is 12.8 Å². The van der Waals surface area contributed by atoms with Crippen LogP contribution in [-0.4, -0.2) is 45.4 Å². The Morgan fingerprint density at radius 3 is 2.78 bits per heavy atom. The van der Waals surface area contributed by atoms with E-state index in [1.54, 1.807) is 6.92 Å². The van der Waals surface area contributed by atoms with E-state index in [0.29, 0.717) is 19.0 Å². The number of methoxy groups -OCH3 is 1. The van der Waals surface area contributed by atoms with Crippen LogP contribution in [0.2, 0.25) is 0 Å². The topological polar surface area (TPSA) is 75.7 Å². The number of hydrogen-bond donors (Lipinski definition) is 1. The monoisotopic (exact) mass is 278 g/mol. The second-order valence-corrected chi connectivity index (χ2v) is 6.64.